The van der Waals surface area contributed by atoms with Crippen molar-refractivity contribution < 1.29 is 4.79 Å². The predicted molar refractivity (Wildman–Crippen MR) is 50.9 cm³/mol. The minimum Gasteiger partial charge on any atom is -0.293 e. The van der Waals surface area contributed by atoms with E-state index < -0.39 is 0 Å². The maximum Gasteiger partial charge on any atom is 0.179 e. The molecule has 0 saturated carbocycles. The Bertz CT molecular complexity index is 301. The van der Waals surface area contributed by atoms with Gasteiger partial charge in [0.15, 0.2) is 5.78 Å². The number of carbonyl (C=O) groups excluding carboxylic acids is 1. The molecule has 0 saturated heterocycles. The highest BCUT2D eigenvalue weighted by Crippen LogP contribution is 2.26. The number of Topliss-reactive ketones (excluding diaryl/α,β-unsaturated/α-hetero) is 1. The molecule has 0 bridgehead atoms. The first-order valence-electron chi connectivity index (χ1n) is 4.00. The molecule has 1 rings (SSSR count). The molecule has 66 valence electrons. The summed E-state index contributed by atoms with van der Waals surface area (Å²) in [7, 11) is 0. The molecule has 0 atom stereocenters. The van der Waals surface area contributed by atoms with Crippen LogP contribution in [0.1, 0.15) is 47.1 Å². The maximum atomic E-state index is 11.1. The molecule has 1 heterocycles. The average Bonchev–Trinajstić information content (AvgIpc) is 2.31. The van der Waals surface area contributed by atoms with Crippen molar-refractivity contribution in [2.24, 2.45) is 0 Å². The molecule has 0 aliphatic heterocycles. The van der Waals surface area contributed by atoms with Gasteiger partial charge in [0.05, 0.1) is 5.01 Å². The van der Waals surface area contributed by atoms with Crippen LogP contribution in [0, 0.1) is 6.92 Å². The Kier molecular flexibility index (Phi) is 2.62. The topological polar surface area (TPSA) is 30.0 Å². The van der Waals surface area contributed by atoms with E-state index in [2.05, 4.69) is 18.8 Å². The fourth-order valence-electron chi connectivity index (χ4n) is 1.09. The minimum atomic E-state index is 0.0723. The summed E-state index contributed by atoms with van der Waals surface area (Å²) in [6, 6.07) is 0. The highest BCUT2D eigenvalue weighted by molar-refractivity contribution is 7.12. The molecule has 1 aromatic heterocycles. The lowest BCUT2D eigenvalue weighted by molar-refractivity contribution is 0.101. The van der Waals surface area contributed by atoms with Crippen molar-refractivity contribution in [1.82, 2.24) is 4.98 Å². The SMILES string of the molecule is CC(=O)c1nc(C)sc1C(C)C. The average molecular weight is 183 g/mol. The van der Waals surface area contributed by atoms with E-state index in [1.165, 1.54) is 0 Å². The first kappa shape index (κ1) is 9.39. The quantitative estimate of drug-likeness (QED) is 0.660. The number of hydrogen-bond donors (Lipinski definition) is 0. The van der Waals surface area contributed by atoms with Gasteiger partial charge in [0.2, 0.25) is 0 Å². The summed E-state index contributed by atoms with van der Waals surface area (Å²) in [6.45, 7) is 7.67. The molecule has 2 nitrogen and oxygen atoms in total. The summed E-state index contributed by atoms with van der Waals surface area (Å²) in [5, 5.41) is 0.976. The summed E-state index contributed by atoms with van der Waals surface area (Å²) in [5.41, 5.74) is 0.660. The highest BCUT2D eigenvalue weighted by atomic mass is 32.1. The molecule has 0 amide bonds. The van der Waals surface area contributed by atoms with E-state index in [-0.39, 0.29) is 5.78 Å². The van der Waals surface area contributed by atoms with Gasteiger partial charge < -0.3 is 0 Å². The van der Waals surface area contributed by atoms with Crippen LogP contribution in [-0.4, -0.2) is 10.8 Å². The van der Waals surface area contributed by atoms with Crippen LogP contribution in [0.4, 0.5) is 0 Å². The van der Waals surface area contributed by atoms with Crippen molar-refractivity contribution >= 4 is 17.1 Å². The molecule has 12 heavy (non-hydrogen) atoms. The van der Waals surface area contributed by atoms with Gasteiger partial charge in [-0.15, -0.1) is 11.3 Å². The van der Waals surface area contributed by atoms with Gasteiger partial charge in [-0.2, -0.15) is 0 Å². The molecule has 3 heteroatoms. The lowest BCUT2D eigenvalue weighted by atomic mass is 10.1. The number of rotatable bonds is 2. The van der Waals surface area contributed by atoms with Gasteiger partial charge in [-0.3, -0.25) is 4.79 Å². The number of aromatic nitrogens is 1. The van der Waals surface area contributed by atoms with Gasteiger partial charge in [-0.25, -0.2) is 4.98 Å². The van der Waals surface area contributed by atoms with Crippen LogP contribution in [0.2, 0.25) is 0 Å². The largest absolute Gasteiger partial charge is 0.293 e. The van der Waals surface area contributed by atoms with Gasteiger partial charge in [-0.05, 0) is 12.8 Å². The minimum absolute atomic E-state index is 0.0723. The van der Waals surface area contributed by atoms with E-state index in [4.69, 9.17) is 0 Å². The van der Waals surface area contributed by atoms with E-state index in [1.807, 2.05) is 6.92 Å². The third-order valence-corrected chi connectivity index (χ3v) is 2.89. The number of hydrogen-bond acceptors (Lipinski definition) is 3. The molecular formula is C9H13NOS. The van der Waals surface area contributed by atoms with Gasteiger partial charge in [-0.1, -0.05) is 13.8 Å². The van der Waals surface area contributed by atoms with Gasteiger partial charge >= 0.3 is 0 Å². The normalized spacial score (nSPS) is 10.8. The zero-order valence-electron chi connectivity index (χ0n) is 7.84. The van der Waals surface area contributed by atoms with Crippen LogP contribution in [0.5, 0.6) is 0 Å². The highest BCUT2D eigenvalue weighted by Gasteiger charge is 2.15. The molecule has 0 fully saturated rings. The first-order chi connectivity index (χ1) is 5.52. The summed E-state index contributed by atoms with van der Waals surface area (Å²) in [5.74, 6) is 0.471. The van der Waals surface area contributed by atoms with Crippen molar-refractivity contribution in [2.75, 3.05) is 0 Å². The van der Waals surface area contributed by atoms with Crippen LogP contribution in [0.3, 0.4) is 0 Å². The standard InChI is InChI=1S/C9H13NOS/c1-5(2)9-8(6(3)11)10-7(4)12-9/h5H,1-4H3. The fraction of sp³-hybridized carbons (Fsp3) is 0.556. The van der Waals surface area contributed by atoms with Crippen LogP contribution < -0.4 is 0 Å². The van der Waals surface area contributed by atoms with Crippen molar-refractivity contribution in [3.8, 4) is 0 Å². The molecule has 0 radical (unpaired) electrons. The Hall–Kier alpha value is -0.700. The molecule has 0 aliphatic carbocycles. The first-order valence-corrected chi connectivity index (χ1v) is 4.82. The summed E-state index contributed by atoms with van der Waals surface area (Å²) in [6.07, 6.45) is 0. The smallest absolute Gasteiger partial charge is 0.179 e. The third kappa shape index (κ3) is 1.72. The van der Waals surface area contributed by atoms with Gasteiger partial charge in [0.1, 0.15) is 5.69 Å². The van der Waals surface area contributed by atoms with E-state index in [0.29, 0.717) is 11.6 Å². The monoisotopic (exact) mass is 183 g/mol. The Morgan fingerprint density at radius 3 is 2.42 bits per heavy atom. The second kappa shape index (κ2) is 3.35. The van der Waals surface area contributed by atoms with Crippen molar-refractivity contribution in [2.45, 2.75) is 33.6 Å². The van der Waals surface area contributed by atoms with E-state index >= 15 is 0 Å². The van der Waals surface area contributed by atoms with Crippen molar-refractivity contribution in [3.63, 3.8) is 0 Å². The molecule has 1 aromatic rings. The zero-order chi connectivity index (χ0) is 9.30. The van der Waals surface area contributed by atoms with E-state index in [0.717, 1.165) is 9.88 Å². The predicted octanol–water partition coefficient (Wildman–Crippen LogP) is 2.78. The number of carbonyl (C=O) groups is 1. The Morgan fingerprint density at radius 1 is 1.50 bits per heavy atom. The second-order valence-corrected chi connectivity index (χ2v) is 4.39. The lowest BCUT2D eigenvalue weighted by Crippen LogP contribution is -1.98. The number of nitrogens with zero attached hydrogens (tertiary/aromatic N) is 1. The zero-order valence-corrected chi connectivity index (χ0v) is 8.66. The second-order valence-electron chi connectivity index (χ2n) is 3.16. The third-order valence-electron chi connectivity index (χ3n) is 1.62. The van der Waals surface area contributed by atoms with Crippen molar-refractivity contribution in [1.29, 1.82) is 0 Å². The molecule has 0 aromatic carbocycles. The van der Waals surface area contributed by atoms with Crippen LogP contribution >= 0.6 is 11.3 Å². The lowest BCUT2D eigenvalue weighted by Gasteiger charge is -2.00. The molecular weight excluding hydrogens is 170 g/mol. The van der Waals surface area contributed by atoms with Crippen LogP contribution in [0.15, 0.2) is 0 Å². The van der Waals surface area contributed by atoms with Gasteiger partial charge in [0.25, 0.3) is 0 Å². The fourth-order valence-corrected chi connectivity index (χ4v) is 2.06. The Labute approximate surface area is 76.6 Å². The molecule has 0 unspecified atom stereocenters. The summed E-state index contributed by atoms with van der Waals surface area (Å²) in [4.78, 5) is 16.4. The molecule has 0 aliphatic rings. The number of ketones is 1. The van der Waals surface area contributed by atoms with Gasteiger partial charge in [0, 0.05) is 11.8 Å². The summed E-state index contributed by atoms with van der Waals surface area (Å²) >= 11 is 1.62. The van der Waals surface area contributed by atoms with Crippen molar-refractivity contribution in [3.05, 3.63) is 15.6 Å². The van der Waals surface area contributed by atoms with E-state index in [1.54, 1.807) is 18.3 Å². The number of thiazole rings is 1. The maximum absolute atomic E-state index is 11.1. The van der Waals surface area contributed by atoms with E-state index in [9.17, 15) is 4.79 Å². The molecule has 0 N–H and O–H groups in total. The number of aryl methyl sites for hydroxylation is 1. The molecule has 0 spiro atoms. The van der Waals surface area contributed by atoms with Crippen LogP contribution in [-0.2, 0) is 0 Å². The Morgan fingerprint density at radius 2 is 2.08 bits per heavy atom. The Balaban J connectivity index is 3.17. The van der Waals surface area contributed by atoms with Crippen LogP contribution in [0.25, 0.3) is 0 Å². The summed E-state index contributed by atoms with van der Waals surface area (Å²) < 4.78 is 0.